The summed E-state index contributed by atoms with van der Waals surface area (Å²) in [6, 6.07) is 7.64. The number of ether oxygens (including phenoxy) is 3. The van der Waals surface area contributed by atoms with Crippen LogP contribution in [0.15, 0.2) is 29.7 Å². The number of hydrogen-bond donors (Lipinski definition) is 2. The van der Waals surface area contributed by atoms with Crippen LogP contribution in [-0.4, -0.2) is 24.4 Å². The van der Waals surface area contributed by atoms with E-state index in [0.717, 1.165) is 23.2 Å². The summed E-state index contributed by atoms with van der Waals surface area (Å²) >= 11 is 0. The van der Waals surface area contributed by atoms with E-state index < -0.39 is 5.92 Å². The molecule has 0 spiro atoms. The molecule has 1 aromatic carbocycles. The summed E-state index contributed by atoms with van der Waals surface area (Å²) in [7, 11) is 3.17. The van der Waals surface area contributed by atoms with Crippen LogP contribution < -0.4 is 19.9 Å². The van der Waals surface area contributed by atoms with Crippen LogP contribution in [0.3, 0.4) is 0 Å². The first-order valence-electron chi connectivity index (χ1n) is 7.51. The molecule has 2 aromatic rings. The van der Waals surface area contributed by atoms with Gasteiger partial charge >= 0.3 is 0 Å². The van der Waals surface area contributed by atoms with Crippen LogP contribution >= 0.6 is 0 Å². The van der Waals surface area contributed by atoms with Gasteiger partial charge in [0.2, 0.25) is 11.8 Å². The average molecular weight is 326 g/mol. The summed E-state index contributed by atoms with van der Waals surface area (Å²) in [4.78, 5) is 0. The first-order chi connectivity index (χ1) is 11.6. The number of aromatic amines is 1. The van der Waals surface area contributed by atoms with Crippen molar-refractivity contribution in [2.45, 2.75) is 19.3 Å². The van der Waals surface area contributed by atoms with Crippen LogP contribution in [0.5, 0.6) is 17.4 Å². The van der Waals surface area contributed by atoms with Gasteiger partial charge in [0.15, 0.2) is 0 Å². The number of aryl methyl sites for hydroxylation is 1. The van der Waals surface area contributed by atoms with Crippen LogP contribution in [0, 0.1) is 11.3 Å². The molecule has 7 heteroatoms. The Labute approximate surface area is 139 Å². The molecule has 3 N–H and O–H groups in total. The van der Waals surface area contributed by atoms with E-state index in [1.54, 1.807) is 20.3 Å². The third kappa shape index (κ3) is 2.33. The van der Waals surface area contributed by atoms with Crippen molar-refractivity contribution in [3.8, 4) is 23.4 Å². The van der Waals surface area contributed by atoms with E-state index in [2.05, 4.69) is 16.3 Å². The molecule has 0 bridgehead atoms. The number of allylic oxidation sites excluding steroid dienone is 1. The van der Waals surface area contributed by atoms with E-state index in [9.17, 15) is 5.26 Å². The topological polar surface area (TPSA) is 106 Å². The van der Waals surface area contributed by atoms with Crippen molar-refractivity contribution < 1.29 is 14.2 Å². The minimum absolute atomic E-state index is 0.0574. The fraction of sp³-hybridized carbons (Fsp3) is 0.294. The van der Waals surface area contributed by atoms with Gasteiger partial charge in [0, 0.05) is 17.3 Å². The first kappa shape index (κ1) is 15.7. The molecule has 7 nitrogen and oxygen atoms in total. The molecule has 2 heterocycles. The molecule has 0 radical (unpaired) electrons. The van der Waals surface area contributed by atoms with Crippen LogP contribution in [0.2, 0.25) is 0 Å². The molecular weight excluding hydrogens is 308 g/mol. The van der Waals surface area contributed by atoms with Gasteiger partial charge < -0.3 is 19.9 Å². The van der Waals surface area contributed by atoms with Gasteiger partial charge in [-0.15, -0.1) is 5.10 Å². The van der Waals surface area contributed by atoms with E-state index in [1.165, 1.54) is 0 Å². The van der Waals surface area contributed by atoms with Gasteiger partial charge in [0.25, 0.3) is 0 Å². The maximum Gasteiger partial charge on any atom is 0.244 e. The van der Waals surface area contributed by atoms with Gasteiger partial charge in [-0.05, 0) is 12.5 Å². The fourth-order valence-electron chi connectivity index (χ4n) is 2.95. The number of methoxy groups -OCH3 is 2. The molecule has 0 amide bonds. The number of nitrogens with zero attached hydrogens (tertiary/aromatic N) is 2. The Hall–Kier alpha value is -3.14. The summed E-state index contributed by atoms with van der Waals surface area (Å²) in [5, 5.41) is 16.8. The molecule has 0 saturated heterocycles. The van der Waals surface area contributed by atoms with Crippen molar-refractivity contribution in [1.29, 1.82) is 5.26 Å². The summed E-state index contributed by atoms with van der Waals surface area (Å²) in [6.07, 6.45) is 0.722. The number of nitrogens with one attached hydrogen (secondary N) is 1. The Bertz CT molecular complexity index is 848. The second-order valence-corrected chi connectivity index (χ2v) is 5.31. The Kier molecular flexibility index (Phi) is 4.04. The maximum atomic E-state index is 9.62. The number of H-pyrrole nitrogens is 1. The lowest BCUT2D eigenvalue weighted by Gasteiger charge is -2.25. The molecule has 124 valence electrons. The Morgan fingerprint density at radius 1 is 1.38 bits per heavy atom. The smallest absolute Gasteiger partial charge is 0.244 e. The molecule has 1 aromatic heterocycles. The predicted octanol–water partition coefficient (Wildman–Crippen LogP) is 2.21. The summed E-state index contributed by atoms with van der Waals surface area (Å²) < 4.78 is 16.3. The first-order valence-corrected chi connectivity index (χ1v) is 7.51. The lowest BCUT2D eigenvalue weighted by molar-refractivity contribution is 0.372. The summed E-state index contributed by atoms with van der Waals surface area (Å²) in [5.41, 5.74) is 8.79. The summed E-state index contributed by atoms with van der Waals surface area (Å²) in [6.45, 7) is 2.00. The van der Waals surface area contributed by atoms with Crippen molar-refractivity contribution in [3.05, 3.63) is 46.5 Å². The predicted molar refractivity (Wildman–Crippen MR) is 86.8 cm³/mol. The number of hydrogen-bond acceptors (Lipinski definition) is 6. The highest BCUT2D eigenvalue weighted by atomic mass is 16.5. The highest BCUT2D eigenvalue weighted by Crippen LogP contribution is 2.46. The van der Waals surface area contributed by atoms with Gasteiger partial charge in [-0.25, -0.2) is 0 Å². The van der Waals surface area contributed by atoms with Crippen LogP contribution in [0.4, 0.5) is 0 Å². The van der Waals surface area contributed by atoms with Gasteiger partial charge in [-0.3, -0.25) is 5.10 Å². The maximum absolute atomic E-state index is 9.62. The van der Waals surface area contributed by atoms with Crippen molar-refractivity contribution >= 4 is 0 Å². The lowest BCUT2D eigenvalue weighted by atomic mass is 9.83. The van der Waals surface area contributed by atoms with Crippen molar-refractivity contribution in [2.75, 3.05) is 14.2 Å². The standard InChI is InChI=1S/C17H18N4O3/c1-4-12-15-14(10-6-5-9(22-2)7-13(10)23-3)11(8-18)16(19)24-17(15)21-20-12/h5-7,14H,4,19H2,1-3H3,(H,20,21). The quantitative estimate of drug-likeness (QED) is 0.892. The average Bonchev–Trinajstić information content (AvgIpc) is 3.02. The van der Waals surface area contributed by atoms with E-state index in [1.807, 2.05) is 19.1 Å². The van der Waals surface area contributed by atoms with Gasteiger partial charge in [0.05, 0.1) is 25.7 Å². The minimum Gasteiger partial charge on any atom is -0.497 e. The Morgan fingerprint density at radius 2 is 2.17 bits per heavy atom. The lowest BCUT2D eigenvalue weighted by Crippen LogP contribution is -2.21. The largest absolute Gasteiger partial charge is 0.497 e. The highest BCUT2D eigenvalue weighted by molar-refractivity contribution is 5.59. The van der Waals surface area contributed by atoms with Gasteiger partial charge in [0.1, 0.15) is 23.1 Å². The minimum atomic E-state index is -0.409. The van der Waals surface area contributed by atoms with Crippen LogP contribution in [0.1, 0.15) is 29.7 Å². The van der Waals surface area contributed by atoms with Gasteiger partial charge in [-0.1, -0.05) is 13.0 Å². The Balaban J connectivity index is 2.25. The van der Waals surface area contributed by atoms with Crippen LogP contribution in [0.25, 0.3) is 0 Å². The van der Waals surface area contributed by atoms with E-state index in [-0.39, 0.29) is 5.88 Å². The normalized spacial score (nSPS) is 16.2. The molecule has 1 aliphatic heterocycles. The molecular formula is C17H18N4O3. The number of nitrogens with two attached hydrogens (primary N) is 1. The SMILES string of the molecule is CCc1[nH]nc2c1C(c1ccc(OC)cc1OC)C(C#N)=C(N)O2. The van der Waals surface area contributed by atoms with Crippen LogP contribution in [-0.2, 0) is 6.42 Å². The molecule has 1 unspecified atom stereocenters. The number of fused-ring (bicyclic) bond motifs is 1. The van der Waals surface area contributed by atoms with E-state index in [0.29, 0.717) is 23.0 Å². The number of rotatable bonds is 4. The molecule has 0 saturated carbocycles. The second kappa shape index (κ2) is 6.16. The van der Waals surface area contributed by atoms with E-state index in [4.69, 9.17) is 19.9 Å². The zero-order valence-corrected chi connectivity index (χ0v) is 13.7. The zero-order valence-electron chi connectivity index (χ0n) is 13.7. The van der Waals surface area contributed by atoms with Gasteiger partial charge in [-0.2, -0.15) is 5.26 Å². The monoisotopic (exact) mass is 326 g/mol. The second-order valence-electron chi connectivity index (χ2n) is 5.31. The molecule has 3 rings (SSSR count). The van der Waals surface area contributed by atoms with Crippen molar-refractivity contribution in [3.63, 3.8) is 0 Å². The molecule has 0 aliphatic carbocycles. The summed E-state index contributed by atoms with van der Waals surface area (Å²) in [5.74, 6) is 1.32. The molecule has 1 aliphatic rings. The third-order valence-corrected chi connectivity index (χ3v) is 4.12. The molecule has 0 fully saturated rings. The van der Waals surface area contributed by atoms with Crippen molar-refractivity contribution in [1.82, 2.24) is 10.2 Å². The zero-order chi connectivity index (χ0) is 17.3. The van der Waals surface area contributed by atoms with E-state index >= 15 is 0 Å². The third-order valence-electron chi connectivity index (χ3n) is 4.12. The molecule has 1 atom stereocenters. The fourth-order valence-corrected chi connectivity index (χ4v) is 2.95. The Morgan fingerprint density at radius 3 is 2.79 bits per heavy atom. The number of benzene rings is 1. The highest BCUT2D eigenvalue weighted by Gasteiger charge is 2.36. The molecule has 24 heavy (non-hydrogen) atoms. The number of aromatic nitrogens is 2. The number of nitriles is 1. The van der Waals surface area contributed by atoms with Crippen molar-refractivity contribution in [2.24, 2.45) is 5.73 Å².